The molecule has 0 aliphatic heterocycles. The molecule has 0 aliphatic carbocycles. The quantitative estimate of drug-likeness (QED) is 0.461. The fraction of sp³-hybridized carbons (Fsp3) is 0.818. The Labute approximate surface area is 80.0 Å². The van der Waals surface area contributed by atoms with Crippen molar-refractivity contribution in [3.63, 3.8) is 0 Å². The second kappa shape index (κ2) is 3.92. The second-order valence-corrected chi connectivity index (χ2v) is 6.83. The summed E-state index contributed by atoms with van der Waals surface area (Å²) in [6.45, 7) is 15.3. The van der Waals surface area contributed by atoms with Crippen molar-refractivity contribution >= 4 is 9.24 Å². The molecule has 0 saturated carbocycles. The standard InChI is InChI=1S/C11H23P/c1-9(11(5,6)12)7-8-10(2,3)4/h1,7-8,12H2,2-6H3. The van der Waals surface area contributed by atoms with Crippen molar-refractivity contribution in [1.29, 1.82) is 0 Å². The lowest BCUT2D eigenvalue weighted by Crippen LogP contribution is -2.15. The Kier molecular flexibility index (Phi) is 3.97. The third kappa shape index (κ3) is 5.77. The smallest absolute Gasteiger partial charge is 0.000231 e. The molecule has 0 radical (unpaired) electrons. The molecular weight excluding hydrogens is 163 g/mol. The van der Waals surface area contributed by atoms with Gasteiger partial charge in [0.05, 0.1) is 0 Å². The Morgan fingerprint density at radius 2 is 1.58 bits per heavy atom. The normalized spacial score (nSPS) is 13.2. The third-order valence-corrected chi connectivity index (χ3v) is 2.50. The van der Waals surface area contributed by atoms with Crippen molar-refractivity contribution in [3.8, 4) is 0 Å². The summed E-state index contributed by atoms with van der Waals surface area (Å²) in [5, 5.41) is 0.200. The number of allylic oxidation sites excluding steroid dienone is 1. The molecule has 72 valence electrons. The van der Waals surface area contributed by atoms with Crippen molar-refractivity contribution in [2.75, 3.05) is 0 Å². The highest BCUT2D eigenvalue weighted by atomic mass is 31.0. The van der Waals surface area contributed by atoms with E-state index in [1.54, 1.807) is 0 Å². The summed E-state index contributed by atoms with van der Waals surface area (Å²) in [6, 6.07) is 0. The fourth-order valence-corrected chi connectivity index (χ4v) is 0.992. The summed E-state index contributed by atoms with van der Waals surface area (Å²) in [5.41, 5.74) is 1.77. The molecule has 0 spiro atoms. The molecule has 0 rings (SSSR count). The van der Waals surface area contributed by atoms with Gasteiger partial charge in [0.15, 0.2) is 0 Å². The van der Waals surface area contributed by atoms with Crippen LogP contribution in [-0.4, -0.2) is 5.16 Å². The van der Waals surface area contributed by atoms with Gasteiger partial charge >= 0.3 is 0 Å². The molecule has 0 nitrogen and oxygen atoms in total. The van der Waals surface area contributed by atoms with Crippen LogP contribution in [0.4, 0.5) is 0 Å². The Morgan fingerprint density at radius 3 is 1.83 bits per heavy atom. The maximum Gasteiger partial charge on any atom is -0.000231 e. The predicted octanol–water partition coefficient (Wildman–Crippen LogP) is 4.02. The third-order valence-electron chi connectivity index (χ3n) is 2.09. The monoisotopic (exact) mass is 186 g/mol. The summed E-state index contributed by atoms with van der Waals surface area (Å²) in [4.78, 5) is 0. The van der Waals surface area contributed by atoms with Gasteiger partial charge in [-0.15, -0.1) is 9.24 Å². The highest BCUT2D eigenvalue weighted by Crippen LogP contribution is 2.32. The average Bonchev–Trinajstić information content (AvgIpc) is 1.78. The van der Waals surface area contributed by atoms with Gasteiger partial charge in [-0.25, -0.2) is 0 Å². The SMILES string of the molecule is C=C(CCC(C)(C)C)C(C)(C)P. The van der Waals surface area contributed by atoms with Crippen molar-refractivity contribution < 1.29 is 0 Å². The molecule has 0 N–H and O–H groups in total. The van der Waals surface area contributed by atoms with Gasteiger partial charge < -0.3 is 0 Å². The van der Waals surface area contributed by atoms with Crippen LogP contribution in [0.2, 0.25) is 0 Å². The minimum Gasteiger partial charge on any atom is -0.127 e. The van der Waals surface area contributed by atoms with Gasteiger partial charge in [0.25, 0.3) is 0 Å². The Bertz CT molecular complexity index is 155. The Balaban J connectivity index is 3.90. The topological polar surface area (TPSA) is 0 Å². The molecule has 0 aromatic carbocycles. The van der Waals surface area contributed by atoms with Gasteiger partial charge in [-0.3, -0.25) is 0 Å². The summed E-state index contributed by atoms with van der Waals surface area (Å²) < 4.78 is 0. The van der Waals surface area contributed by atoms with Gasteiger partial charge in [0.1, 0.15) is 0 Å². The Morgan fingerprint density at radius 1 is 1.17 bits per heavy atom. The molecule has 0 fully saturated rings. The van der Waals surface area contributed by atoms with Crippen LogP contribution >= 0.6 is 9.24 Å². The highest BCUT2D eigenvalue weighted by Gasteiger charge is 2.17. The summed E-state index contributed by atoms with van der Waals surface area (Å²) in [7, 11) is 2.85. The van der Waals surface area contributed by atoms with Crippen molar-refractivity contribution in [3.05, 3.63) is 12.2 Å². The fourth-order valence-electron chi connectivity index (χ4n) is 0.848. The van der Waals surface area contributed by atoms with Crippen LogP contribution in [0.1, 0.15) is 47.5 Å². The molecule has 0 aliphatic rings. The Hall–Kier alpha value is 0.170. The van der Waals surface area contributed by atoms with Gasteiger partial charge in [-0.1, -0.05) is 46.8 Å². The zero-order valence-electron chi connectivity index (χ0n) is 9.20. The maximum absolute atomic E-state index is 4.11. The first-order chi connectivity index (χ1) is 5.13. The van der Waals surface area contributed by atoms with E-state index in [4.69, 9.17) is 0 Å². The number of hydrogen-bond acceptors (Lipinski definition) is 0. The van der Waals surface area contributed by atoms with Gasteiger partial charge in [0.2, 0.25) is 0 Å². The van der Waals surface area contributed by atoms with E-state index < -0.39 is 0 Å². The molecule has 0 saturated heterocycles. The van der Waals surface area contributed by atoms with Crippen LogP contribution < -0.4 is 0 Å². The lowest BCUT2D eigenvalue weighted by molar-refractivity contribution is 0.374. The zero-order chi connectivity index (χ0) is 9.99. The van der Waals surface area contributed by atoms with E-state index >= 15 is 0 Å². The maximum atomic E-state index is 4.11. The second-order valence-electron chi connectivity index (χ2n) is 5.39. The van der Waals surface area contributed by atoms with Crippen molar-refractivity contribution in [1.82, 2.24) is 0 Å². The van der Waals surface area contributed by atoms with E-state index in [-0.39, 0.29) is 5.16 Å². The molecule has 1 atom stereocenters. The van der Waals surface area contributed by atoms with E-state index in [0.717, 1.165) is 6.42 Å². The van der Waals surface area contributed by atoms with E-state index in [1.807, 2.05) is 0 Å². The molecule has 0 aromatic rings. The van der Waals surface area contributed by atoms with Crippen LogP contribution in [-0.2, 0) is 0 Å². The predicted molar refractivity (Wildman–Crippen MR) is 61.6 cm³/mol. The van der Waals surface area contributed by atoms with E-state index in [0.29, 0.717) is 5.41 Å². The minimum absolute atomic E-state index is 0.200. The molecule has 0 aromatic heterocycles. The summed E-state index contributed by atoms with van der Waals surface area (Å²) in [5.74, 6) is 0. The van der Waals surface area contributed by atoms with Crippen LogP contribution in [0, 0.1) is 5.41 Å². The first-order valence-corrected chi connectivity index (χ1v) is 5.18. The molecule has 12 heavy (non-hydrogen) atoms. The highest BCUT2D eigenvalue weighted by molar-refractivity contribution is 7.19. The summed E-state index contributed by atoms with van der Waals surface area (Å²) >= 11 is 0. The number of hydrogen-bond donors (Lipinski definition) is 0. The largest absolute Gasteiger partial charge is 0.127 e. The molecule has 0 amide bonds. The van der Waals surface area contributed by atoms with Gasteiger partial charge in [0, 0.05) is 0 Å². The van der Waals surface area contributed by atoms with Crippen LogP contribution in [0.25, 0.3) is 0 Å². The molecular formula is C11H23P. The molecule has 1 unspecified atom stereocenters. The number of rotatable bonds is 3. The van der Waals surface area contributed by atoms with Crippen LogP contribution in [0.3, 0.4) is 0 Å². The van der Waals surface area contributed by atoms with Crippen LogP contribution in [0.15, 0.2) is 12.2 Å². The molecule has 0 heterocycles. The minimum atomic E-state index is 0.200. The summed E-state index contributed by atoms with van der Waals surface area (Å²) in [6.07, 6.45) is 2.36. The molecule has 0 bridgehead atoms. The zero-order valence-corrected chi connectivity index (χ0v) is 10.4. The molecule has 1 heteroatoms. The first kappa shape index (κ1) is 12.2. The van der Waals surface area contributed by atoms with Crippen molar-refractivity contribution in [2.24, 2.45) is 5.41 Å². The van der Waals surface area contributed by atoms with Gasteiger partial charge in [-0.05, 0) is 23.4 Å². The lowest BCUT2D eigenvalue weighted by Gasteiger charge is -2.25. The van der Waals surface area contributed by atoms with E-state index in [1.165, 1.54) is 12.0 Å². The van der Waals surface area contributed by atoms with Crippen molar-refractivity contribution in [2.45, 2.75) is 52.6 Å². The van der Waals surface area contributed by atoms with E-state index in [2.05, 4.69) is 50.4 Å². The van der Waals surface area contributed by atoms with E-state index in [9.17, 15) is 0 Å². The average molecular weight is 186 g/mol. The van der Waals surface area contributed by atoms with Crippen LogP contribution in [0.5, 0.6) is 0 Å². The lowest BCUT2D eigenvalue weighted by atomic mass is 9.86. The van der Waals surface area contributed by atoms with Gasteiger partial charge in [-0.2, -0.15) is 0 Å². The first-order valence-electron chi connectivity index (χ1n) is 4.60.